The van der Waals surface area contributed by atoms with Gasteiger partial charge in [-0.2, -0.15) is 18.4 Å². The van der Waals surface area contributed by atoms with Crippen LogP contribution >= 0.6 is 0 Å². The number of amides is 1. The Hall–Kier alpha value is -1.45. The topological polar surface area (TPSA) is 83.9 Å². The molecule has 2 N–H and O–H groups in total. The number of hydrazine groups is 1. The van der Waals surface area contributed by atoms with Gasteiger partial charge >= 0.3 is 6.18 Å². The van der Waals surface area contributed by atoms with Gasteiger partial charge in [0.2, 0.25) is 5.91 Å². The third-order valence-electron chi connectivity index (χ3n) is 11.4. The van der Waals surface area contributed by atoms with Gasteiger partial charge in [-0.05, 0) is 89.3 Å². The molecule has 6 aliphatic rings. The van der Waals surface area contributed by atoms with E-state index in [9.17, 15) is 23.2 Å². The summed E-state index contributed by atoms with van der Waals surface area (Å²) in [7, 11) is 2.10. The maximum absolute atomic E-state index is 14.4. The van der Waals surface area contributed by atoms with Gasteiger partial charge in [0.1, 0.15) is 0 Å². The number of ether oxygens (including phenoxy) is 1. The molecule has 4 saturated heterocycles. The molecule has 4 aliphatic heterocycles. The molecular weight excluding hydrogens is 521 g/mol. The van der Waals surface area contributed by atoms with Crippen LogP contribution in [0.3, 0.4) is 0 Å². The molecule has 4 heterocycles. The lowest BCUT2D eigenvalue weighted by Gasteiger charge is -2.52. The molecule has 2 saturated carbocycles. The van der Waals surface area contributed by atoms with E-state index in [1.807, 2.05) is 4.90 Å². The second-order valence-electron chi connectivity index (χ2n) is 13.8. The molecule has 0 aromatic heterocycles. The van der Waals surface area contributed by atoms with Crippen molar-refractivity contribution in [3.63, 3.8) is 0 Å². The number of nitrogens with one attached hydrogen (secondary N) is 2. The van der Waals surface area contributed by atoms with E-state index < -0.39 is 23.9 Å². The predicted molar refractivity (Wildman–Crippen MR) is 142 cm³/mol. The quantitative estimate of drug-likeness (QED) is 0.511. The number of likely N-dealkylation sites (tertiary alicyclic amines) is 2. The van der Waals surface area contributed by atoms with Gasteiger partial charge in [-0.3, -0.25) is 9.69 Å². The van der Waals surface area contributed by atoms with Crippen LogP contribution in [0.1, 0.15) is 57.8 Å². The Morgan fingerprint density at radius 3 is 2.52 bits per heavy atom. The van der Waals surface area contributed by atoms with Crippen molar-refractivity contribution in [1.29, 1.82) is 5.26 Å². The molecule has 0 radical (unpaired) electrons. The highest BCUT2D eigenvalue weighted by Crippen LogP contribution is 2.53. The van der Waals surface area contributed by atoms with Gasteiger partial charge in [-0.25, -0.2) is 10.9 Å². The van der Waals surface area contributed by atoms with Gasteiger partial charge in [-0.1, -0.05) is 6.42 Å². The number of hydrogen-bond donors (Lipinski definition) is 2. The SMILES string of the molecule is CN1CNNC1CC1(C2CCCC(N3CC4C(CC(CN5CCC(C#N)CC5)CC4C(F)(F)F)C3=O)C2)COC1. The van der Waals surface area contributed by atoms with E-state index in [0.29, 0.717) is 18.9 Å². The summed E-state index contributed by atoms with van der Waals surface area (Å²) in [6.07, 6.45) is 3.00. The highest BCUT2D eigenvalue weighted by atomic mass is 19.4. The van der Waals surface area contributed by atoms with Crippen LogP contribution in [0.4, 0.5) is 13.2 Å². The van der Waals surface area contributed by atoms with Crippen molar-refractivity contribution < 1.29 is 22.7 Å². The molecule has 0 aromatic carbocycles. The summed E-state index contributed by atoms with van der Waals surface area (Å²) in [5, 5.41) is 9.19. The van der Waals surface area contributed by atoms with E-state index in [2.05, 4.69) is 33.8 Å². The first-order valence-corrected chi connectivity index (χ1v) is 15.4. The van der Waals surface area contributed by atoms with Crippen molar-refractivity contribution in [3.8, 4) is 6.07 Å². The van der Waals surface area contributed by atoms with E-state index in [4.69, 9.17) is 4.74 Å². The minimum absolute atomic E-state index is 0.0269. The number of nitrogens with zero attached hydrogens (tertiary/aromatic N) is 4. The summed E-state index contributed by atoms with van der Waals surface area (Å²) >= 11 is 0. The Kier molecular flexibility index (Phi) is 8.12. The van der Waals surface area contributed by atoms with E-state index in [1.165, 1.54) is 0 Å². The Morgan fingerprint density at radius 1 is 1.12 bits per heavy atom. The van der Waals surface area contributed by atoms with E-state index in [-0.39, 0.29) is 48.3 Å². The molecule has 0 bridgehead atoms. The molecular formula is C29H45F3N6O2. The minimum atomic E-state index is -4.29. The smallest absolute Gasteiger partial charge is 0.380 e. The highest BCUT2D eigenvalue weighted by molar-refractivity contribution is 5.82. The number of hydrogen-bond acceptors (Lipinski definition) is 7. The molecule has 0 aromatic rings. The highest BCUT2D eigenvalue weighted by Gasteiger charge is 2.58. The predicted octanol–water partition coefficient (Wildman–Crippen LogP) is 3.17. The lowest BCUT2D eigenvalue weighted by molar-refractivity contribution is -0.204. The molecule has 8 nitrogen and oxygen atoms in total. The Bertz CT molecular complexity index is 962. The van der Waals surface area contributed by atoms with Crippen LogP contribution in [0.25, 0.3) is 0 Å². The lowest BCUT2D eigenvalue weighted by Crippen LogP contribution is -2.56. The second-order valence-corrected chi connectivity index (χ2v) is 13.8. The molecule has 6 rings (SSSR count). The molecule has 0 spiro atoms. The molecule has 1 amide bonds. The van der Waals surface area contributed by atoms with Crippen molar-refractivity contribution in [2.45, 2.75) is 76.2 Å². The van der Waals surface area contributed by atoms with Crippen molar-refractivity contribution in [2.24, 2.45) is 40.9 Å². The monoisotopic (exact) mass is 566 g/mol. The maximum atomic E-state index is 14.4. The van der Waals surface area contributed by atoms with Crippen LogP contribution in [0, 0.1) is 52.3 Å². The van der Waals surface area contributed by atoms with Gasteiger partial charge < -0.3 is 14.5 Å². The summed E-state index contributed by atoms with van der Waals surface area (Å²) < 4.78 is 49.0. The normalized spacial score (nSPS) is 39.6. The van der Waals surface area contributed by atoms with Crippen molar-refractivity contribution in [1.82, 2.24) is 25.6 Å². The fourth-order valence-corrected chi connectivity index (χ4v) is 8.97. The second kappa shape index (κ2) is 11.3. The van der Waals surface area contributed by atoms with Gasteiger partial charge in [0, 0.05) is 36.4 Å². The molecule has 7 atom stereocenters. The Balaban J connectivity index is 1.13. The van der Waals surface area contributed by atoms with Gasteiger partial charge in [0.15, 0.2) is 0 Å². The zero-order chi connectivity index (χ0) is 28.1. The van der Waals surface area contributed by atoms with Crippen LogP contribution in [0.5, 0.6) is 0 Å². The number of rotatable bonds is 6. The molecule has 2 aliphatic carbocycles. The molecule has 11 heteroatoms. The summed E-state index contributed by atoms with van der Waals surface area (Å²) in [4.78, 5) is 20.2. The average molecular weight is 567 g/mol. The van der Waals surface area contributed by atoms with Crippen molar-refractivity contribution in [3.05, 3.63) is 0 Å². The number of piperidine rings is 1. The third kappa shape index (κ3) is 5.51. The summed E-state index contributed by atoms with van der Waals surface area (Å²) in [5.74, 6) is -2.26. The largest absolute Gasteiger partial charge is 0.392 e. The maximum Gasteiger partial charge on any atom is 0.392 e. The molecule has 40 heavy (non-hydrogen) atoms. The number of nitriles is 1. The number of halogens is 3. The van der Waals surface area contributed by atoms with E-state index in [1.54, 1.807) is 0 Å². The fraction of sp³-hybridized carbons (Fsp3) is 0.931. The average Bonchev–Trinajstić information content (AvgIpc) is 3.48. The lowest BCUT2D eigenvalue weighted by atomic mass is 9.64. The zero-order valence-electron chi connectivity index (χ0n) is 23.7. The first-order valence-electron chi connectivity index (χ1n) is 15.4. The summed E-state index contributed by atoms with van der Waals surface area (Å²) in [5.41, 5.74) is 6.63. The molecule has 6 fully saturated rings. The van der Waals surface area contributed by atoms with Crippen LogP contribution in [-0.4, -0.2) is 92.1 Å². The zero-order valence-corrected chi connectivity index (χ0v) is 23.7. The molecule has 7 unspecified atom stereocenters. The van der Waals surface area contributed by atoms with E-state index >= 15 is 0 Å². The standard InChI is InChI=1S/C29H45F3N6O2/c1-36-18-34-35-26(36)12-28(16-40-17-28)21-3-2-4-22(11-21)38-15-24-23(27(38)39)9-20(10-25(24)29(30,31)32)14-37-7-5-19(13-33)6-8-37/h19-26,34-35H,2-12,14-18H2,1H3. The number of carbonyl (C=O) groups is 1. The minimum Gasteiger partial charge on any atom is -0.380 e. The number of alkyl halides is 3. The summed E-state index contributed by atoms with van der Waals surface area (Å²) in [6, 6.07) is 2.35. The van der Waals surface area contributed by atoms with Crippen molar-refractivity contribution >= 4 is 5.91 Å². The number of carbonyl (C=O) groups excluding carboxylic acids is 1. The number of fused-ring (bicyclic) bond motifs is 1. The fourth-order valence-electron chi connectivity index (χ4n) is 8.97. The Morgan fingerprint density at radius 2 is 1.90 bits per heavy atom. The first kappa shape index (κ1) is 28.7. The van der Waals surface area contributed by atoms with Crippen LogP contribution in [0.15, 0.2) is 0 Å². The first-order chi connectivity index (χ1) is 19.2. The van der Waals surface area contributed by atoms with Crippen LogP contribution < -0.4 is 10.9 Å². The van der Waals surface area contributed by atoms with Gasteiger partial charge in [-0.15, -0.1) is 0 Å². The third-order valence-corrected chi connectivity index (χ3v) is 11.4. The van der Waals surface area contributed by atoms with Crippen LogP contribution in [-0.2, 0) is 9.53 Å². The van der Waals surface area contributed by atoms with Crippen molar-refractivity contribution in [2.75, 3.05) is 53.1 Å². The van der Waals surface area contributed by atoms with Gasteiger partial charge in [0.25, 0.3) is 0 Å². The molecule has 224 valence electrons. The summed E-state index contributed by atoms with van der Waals surface area (Å²) in [6.45, 7) is 4.62. The van der Waals surface area contributed by atoms with Gasteiger partial charge in [0.05, 0.1) is 38.0 Å². The Labute approximate surface area is 235 Å². The van der Waals surface area contributed by atoms with Crippen LogP contribution in [0.2, 0.25) is 0 Å². The van der Waals surface area contributed by atoms with E-state index in [0.717, 1.165) is 77.9 Å².